The maximum absolute atomic E-state index is 13.0. The molecule has 1 N–H and O–H groups in total. The molecule has 172 valence electrons. The Morgan fingerprint density at radius 1 is 1.03 bits per heavy atom. The molecule has 2 fully saturated rings. The lowest BCUT2D eigenvalue weighted by Gasteiger charge is -2.21. The number of carbonyl (C=O) groups excluding carboxylic acids is 1. The van der Waals surface area contributed by atoms with E-state index in [0.29, 0.717) is 37.0 Å². The quantitative estimate of drug-likeness (QED) is 0.583. The minimum atomic E-state index is -0.466. The van der Waals surface area contributed by atoms with Crippen LogP contribution in [0.4, 0.5) is 5.69 Å². The van der Waals surface area contributed by atoms with E-state index in [4.69, 9.17) is 14.2 Å². The van der Waals surface area contributed by atoms with Gasteiger partial charge in [-0.3, -0.25) is 4.79 Å². The maximum atomic E-state index is 13.0. The highest BCUT2D eigenvalue weighted by Gasteiger charge is 2.35. The summed E-state index contributed by atoms with van der Waals surface area (Å²) in [5.41, 5.74) is 2.20. The van der Waals surface area contributed by atoms with Crippen molar-refractivity contribution in [1.82, 2.24) is 5.32 Å². The Labute approximate surface area is 190 Å². The maximum Gasteiger partial charge on any atom is 0.268 e. The highest BCUT2D eigenvalue weighted by atomic mass is 16.5. The molecule has 1 saturated heterocycles. The zero-order valence-corrected chi connectivity index (χ0v) is 19.5. The largest absolute Gasteiger partial charge is 0.493 e. The van der Waals surface area contributed by atoms with Crippen LogP contribution in [-0.4, -0.2) is 44.4 Å². The Morgan fingerprint density at radius 3 is 2.44 bits per heavy atom. The van der Waals surface area contributed by atoms with E-state index >= 15 is 0 Å². The summed E-state index contributed by atoms with van der Waals surface area (Å²) < 4.78 is 17.4. The molecule has 2 aromatic rings. The second kappa shape index (κ2) is 9.41. The number of carbonyl (C=O) groups is 1. The summed E-state index contributed by atoms with van der Waals surface area (Å²) in [5.74, 6) is 2.72. The molecule has 1 amide bonds. The van der Waals surface area contributed by atoms with Crippen LogP contribution in [0.5, 0.6) is 17.2 Å². The van der Waals surface area contributed by atoms with E-state index in [1.807, 2.05) is 30.3 Å². The second-order valence-corrected chi connectivity index (χ2v) is 9.59. The Kier molecular flexibility index (Phi) is 6.60. The summed E-state index contributed by atoms with van der Waals surface area (Å²) >= 11 is 0. The van der Waals surface area contributed by atoms with Crippen LogP contribution in [-0.2, 0) is 4.79 Å². The third-order valence-electron chi connectivity index (χ3n) is 5.84. The number of hydrogen-bond donors (Lipinski definition) is 1. The molecular formula is C26H34N2O4. The van der Waals surface area contributed by atoms with Crippen molar-refractivity contribution in [3.05, 3.63) is 48.0 Å². The molecule has 0 unspecified atom stereocenters. The van der Waals surface area contributed by atoms with Crippen LogP contribution in [0.15, 0.2) is 42.5 Å². The Hall–Kier alpha value is -2.73. The van der Waals surface area contributed by atoms with Crippen LogP contribution < -0.4 is 24.4 Å². The average Bonchev–Trinajstić information content (AvgIpc) is 3.56. The fraction of sp³-hybridized carbons (Fsp3) is 0.500. The van der Waals surface area contributed by atoms with Crippen molar-refractivity contribution in [2.45, 2.75) is 57.6 Å². The van der Waals surface area contributed by atoms with Crippen molar-refractivity contribution < 1.29 is 19.0 Å². The first-order valence-corrected chi connectivity index (χ1v) is 11.5. The summed E-state index contributed by atoms with van der Waals surface area (Å²) in [6.07, 6.45) is 2.74. The van der Waals surface area contributed by atoms with Gasteiger partial charge in [0.2, 0.25) is 0 Å². The van der Waals surface area contributed by atoms with Gasteiger partial charge in [0.25, 0.3) is 5.91 Å². The van der Waals surface area contributed by atoms with Gasteiger partial charge in [-0.15, -0.1) is 0 Å². The number of ether oxygens (including phenoxy) is 3. The van der Waals surface area contributed by atoms with Crippen molar-refractivity contribution in [2.75, 3.05) is 31.7 Å². The highest BCUT2D eigenvalue weighted by molar-refractivity contribution is 5.99. The lowest BCUT2D eigenvalue weighted by molar-refractivity contribution is -0.122. The molecule has 4 rings (SSSR count). The van der Waals surface area contributed by atoms with Crippen LogP contribution in [0, 0.1) is 0 Å². The lowest BCUT2D eigenvalue weighted by atomic mass is 10.1. The molecule has 2 aliphatic rings. The van der Waals surface area contributed by atoms with Gasteiger partial charge in [0, 0.05) is 36.8 Å². The van der Waals surface area contributed by atoms with Crippen LogP contribution in [0.1, 0.15) is 51.5 Å². The number of nitrogens with zero attached hydrogens (tertiary/aromatic N) is 1. The standard InChI is InChI=1S/C26H34N2O4/c1-26(2,3)27-14-16-31-22-12-9-20(17-24(22)30-4)28-15-13-23(25(28)29)32-21-10-7-19(8-11-21)18-5-6-18/h7-12,17-18,23,27H,5-6,13-16H2,1-4H3/t23-/m0/s1. The zero-order chi connectivity index (χ0) is 22.7. The first-order chi connectivity index (χ1) is 15.3. The molecule has 2 aromatic carbocycles. The number of anilines is 1. The number of nitrogens with one attached hydrogen (secondary N) is 1. The molecular weight excluding hydrogens is 404 g/mol. The van der Waals surface area contributed by atoms with Gasteiger partial charge in [-0.05, 0) is 69.4 Å². The smallest absolute Gasteiger partial charge is 0.268 e. The van der Waals surface area contributed by atoms with Crippen molar-refractivity contribution in [1.29, 1.82) is 0 Å². The Bertz CT molecular complexity index is 932. The fourth-order valence-electron chi connectivity index (χ4n) is 3.95. The third-order valence-corrected chi connectivity index (χ3v) is 5.84. The predicted molar refractivity (Wildman–Crippen MR) is 126 cm³/mol. The first kappa shape index (κ1) is 22.5. The van der Waals surface area contributed by atoms with Crippen LogP contribution in [0.25, 0.3) is 0 Å². The lowest BCUT2D eigenvalue weighted by Crippen LogP contribution is -2.38. The van der Waals surface area contributed by atoms with Crippen LogP contribution in [0.3, 0.4) is 0 Å². The Balaban J connectivity index is 1.36. The van der Waals surface area contributed by atoms with E-state index in [-0.39, 0.29) is 11.4 Å². The van der Waals surface area contributed by atoms with E-state index < -0.39 is 6.10 Å². The molecule has 0 bridgehead atoms. The van der Waals surface area contributed by atoms with E-state index in [0.717, 1.165) is 18.0 Å². The van der Waals surface area contributed by atoms with Gasteiger partial charge >= 0.3 is 0 Å². The molecule has 6 heteroatoms. The van der Waals surface area contributed by atoms with Gasteiger partial charge in [-0.25, -0.2) is 0 Å². The second-order valence-electron chi connectivity index (χ2n) is 9.59. The molecule has 1 atom stereocenters. The van der Waals surface area contributed by atoms with Crippen LogP contribution in [0.2, 0.25) is 0 Å². The first-order valence-electron chi connectivity index (χ1n) is 11.5. The van der Waals surface area contributed by atoms with E-state index in [2.05, 4.69) is 38.2 Å². The highest BCUT2D eigenvalue weighted by Crippen LogP contribution is 2.40. The fourth-order valence-corrected chi connectivity index (χ4v) is 3.95. The van der Waals surface area contributed by atoms with Gasteiger partial charge < -0.3 is 24.4 Å². The van der Waals surface area contributed by atoms with Gasteiger partial charge in [-0.1, -0.05) is 12.1 Å². The van der Waals surface area contributed by atoms with Crippen molar-refractivity contribution in [3.8, 4) is 17.2 Å². The Morgan fingerprint density at radius 2 is 1.78 bits per heavy atom. The summed E-state index contributed by atoms with van der Waals surface area (Å²) in [5, 5.41) is 3.40. The molecule has 0 radical (unpaired) electrons. The molecule has 1 heterocycles. The molecule has 1 aliphatic carbocycles. The third kappa shape index (κ3) is 5.54. The van der Waals surface area contributed by atoms with Crippen molar-refractivity contribution in [2.24, 2.45) is 0 Å². The monoisotopic (exact) mass is 438 g/mol. The van der Waals surface area contributed by atoms with Crippen molar-refractivity contribution >= 4 is 11.6 Å². The van der Waals surface area contributed by atoms with Gasteiger partial charge in [0.05, 0.1) is 7.11 Å². The molecule has 32 heavy (non-hydrogen) atoms. The van der Waals surface area contributed by atoms with E-state index in [1.165, 1.54) is 18.4 Å². The minimum absolute atomic E-state index is 0.0265. The number of hydrogen-bond acceptors (Lipinski definition) is 5. The molecule has 1 aliphatic heterocycles. The van der Waals surface area contributed by atoms with Crippen molar-refractivity contribution in [3.63, 3.8) is 0 Å². The summed E-state index contributed by atoms with van der Waals surface area (Å²) in [4.78, 5) is 14.8. The number of benzene rings is 2. The van der Waals surface area contributed by atoms with Crippen LogP contribution >= 0.6 is 0 Å². The molecule has 1 saturated carbocycles. The normalized spacial score (nSPS) is 18.7. The molecule has 0 aromatic heterocycles. The predicted octanol–water partition coefficient (Wildman–Crippen LogP) is 4.52. The molecule has 6 nitrogen and oxygen atoms in total. The van der Waals surface area contributed by atoms with E-state index in [9.17, 15) is 4.79 Å². The number of methoxy groups -OCH3 is 1. The topological polar surface area (TPSA) is 60.0 Å². The summed E-state index contributed by atoms with van der Waals surface area (Å²) in [6, 6.07) is 13.8. The van der Waals surface area contributed by atoms with Gasteiger partial charge in [0.1, 0.15) is 12.4 Å². The minimum Gasteiger partial charge on any atom is -0.493 e. The average molecular weight is 439 g/mol. The summed E-state index contributed by atoms with van der Waals surface area (Å²) in [6.45, 7) is 8.24. The van der Waals surface area contributed by atoms with Gasteiger partial charge in [0.15, 0.2) is 17.6 Å². The van der Waals surface area contributed by atoms with Gasteiger partial charge in [-0.2, -0.15) is 0 Å². The number of amides is 1. The SMILES string of the molecule is COc1cc(N2CC[C@H](Oc3ccc(C4CC4)cc3)C2=O)ccc1OCCNC(C)(C)C. The summed E-state index contributed by atoms with van der Waals surface area (Å²) in [7, 11) is 1.61. The molecule has 0 spiro atoms. The van der Waals surface area contributed by atoms with E-state index in [1.54, 1.807) is 12.0 Å². The zero-order valence-electron chi connectivity index (χ0n) is 19.5. The number of rotatable bonds is 9.